The summed E-state index contributed by atoms with van der Waals surface area (Å²) in [5.74, 6) is 1.32. The largest absolute Gasteiger partial charge is 0.486 e. The predicted molar refractivity (Wildman–Crippen MR) is 81.7 cm³/mol. The first-order valence-electron chi connectivity index (χ1n) is 7.99. The van der Waals surface area contributed by atoms with Crippen LogP contribution in [-0.2, 0) is 14.8 Å². The topological polar surface area (TPSA) is 81.7 Å². The third-order valence-electron chi connectivity index (χ3n) is 5.13. The molecule has 3 unspecified atom stereocenters. The summed E-state index contributed by atoms with van der Waals surface area (Å²) in [4.78, 5) is 12.4. The van der Waals surface area contributed by atoms with Crippen LogP contribution < -0.4 is 14.2 Å². The molecular weight excluding hydrogens is 318 g/mol. The molecule has 1 heterocycles. The van der Waals surface area contributed by atoms with Gasteiger partial charge in [0.2, 0.25) is 5.91 Å². The van der Waals surface area contributed by atoms with Crippen molar-refractivity contribution in [3.63, 3.8) is 0 Å². The fraction of sp³-hybridized carbons (Fsp3) is 0.562. The van der Waals surface area contributed by atoms with E-state index in [1.54, 1.807) is 6.07 Å². The summed E-state index contributed by atoms with van der Waals surface area (Å²) in [7, 11) is -3.88. The Kier molecular flexibility index (Phi) is 3.48. The lowest BCUT2D eigenvalue weighted by Crippen LogP contribution is -2.37. The van der Waals surface area contributed by atoms with E-state index >= 15 is 0 Å². The summed E-state index contributed by atoms with van der Waals surface area (Å²) in [6.07, 6.45) is 4.07. The smallest absolute Gasteiger partial charge is 0.264 e. The molecule has 3 aliphatic rings. The maximum absolute atomic E-state index is 12.5. The van der Waals surface area contributed by atoms with Crippen LogP contribution in [0.15, 0.2) is 23.1 Å². The molecule has 1 N–H and O–H groups in total. The first-order valence-corrected chi connectivity index (χ1v) is 9.47. The molecule has 4 rings (SSSR count). The number of benzene rings is 1. The zero-order valence-electron chi connectivity index (χ0n) is 12.7. The first kappa shape index (κ1) is 14.8. The Morgan fingerprint density at radius 2 is 1.87 bits per heavy atom. The van der Waals surface area contributed by atoms with E-state index < -0.39 is 10.0 Å². The second-order valence-electron chi connectivity index (χ2n) is 6.56. The second-order valence-corrected chi connectivity index (χ2v) is 8.24. The Hall–Kier alpha value is -1.76. The first-order chi connectivity index (χ1) is 11.0. The molecule has 6 nitrogen and oxygen atoms in total. The van der Waals surface area contributed by atoms with Gasteiger partial charge in [0.05, 0.1) is 4.90 Å². The second kappa shape index (κ2) is 5.40. The van der Waals surface area contributed by atoms with Gasteiger partial charge in [-0.15, -0.1) is 0 Å². The third-order valence-corrected chi connectivity index (χ3v) is 6.48. The van der Waals surface area contributed by atoms with Gasteiger partial charge >= 0.3 is 0 Å². The fourth-order valence-electron chi connectivity index (χ4n) is 4.02. The van der Waals surface area contributed by atoms with Gasteiger partial charge in [0.15, 0.2) is 11.5 Å². The Morgan fingerprint density at radius 1 is 1.09 bits per heavy atom. The molecule has 2 fully saturated rings. The Balaban J connectivity index is 1.52. The molecule has 0 spiro atoms. The van der Waals surface area contributed by atoms with Gasteiger partial charge in [-0.3, -0.25) is 4.79 Å². The minimum absolute atomic E-state index is 0.0262. The van der Waals surface area contributed by atoms with Crippen molar-refractivity contribution in [2.75, 3.05) is 13.2 Å². The lowest BCUT2D eigenvalue weighted by Gasteiger charge is -2.21. The average molecular weight is 337 g/mol. The summed E-state index contributed by atoms with van der Waals surface area (Å²) < 4.78 is 38.0. The highest BCUT2D eigenvalue weighted by Crippen LogP contribution is 2.48. The highest BCUT2D eigenvalue weighted by molar-refractivity contribution is 7.90. The number of hydrogen-bond acceptors (Lipinski definition) is 5. The average Bonchev–Trinajstić information content (AvgIpc) is 3.17. The van der Waals surface area contributed by atoms with E-state index in [4.69, 9.17) is 9.47 Å². The molecule has 0 aromatic heterocycles. The van der Waals surface area contributed by atoms with Gasteiger partial charge in [0.25, 0.3) is 10.0 Å². The van der Waals surface area contributed by atoms with E-state index in [9.17, 15) is 13.2 Å². The number of nitrogens with one attached hydrogen (secondary N) is 1. The molecule has 3 atom stereocenters. The van der Waals surface area contributed by atoms with Crippen molar-refractivity contribution < 1.29 is 22.7 Å². The van der Waals surface area contributed by atoms with Crippen molar-refractivity contribution in [1.82, 2.24) is 4.72 Å². The van der Waals surface area contributed by atoms with Gasteiger partial charge in [-0.05, 0) is 43.2 Å². The minimum Gasteiger partial charge on any atom is -0.486 e. The Bertz CT molecular complexity index is 745. The maximum atomic E-state index is 12.5. The van der Waals surface area contributed by atoms with Gasteiger partial charge in [-0.25, -0.2) is 13.1 Å². The van der Waals surface area contributed by atoms with Gasteiger partial charge in [-0.2, -0.15) is 0 Å². The molecule has 7 heteroatoms. The zero-order valence-corrected chi connectivity index (χ0v) is 13.5. The standard InChI is InChI=1S/C16H19NO5S/c18-16(13-8-10-1-2-11(13)7-10)17-23(19,20)12-3-4-14-15(9-12)22-6-5-21-14/h3-4,9-11,13H,1-2,5-8H2,(H,17,18). The predicted octanol–water partition coefficient (Wildman–Crippen LogP) is 1.70. The summed E-state index contributed by atoms with van der Waals surface area (Å²) in [6.45, 7) is 0.827. The Morgan fingerprint density at radius 3 is 2.57 bits per heavy atom. The van der Waals surface area contributed by atoms with Crippen LogP contribution in [0.1, 0.15) is 25.7 Å². The van der Waals surface area contributed by atoms with Gasteiger partial charge in [-0.1, -0.05) is 6.42 Å². The molecule has 1 aliphatic heterocycles. The van der Waals surface area contributed by atoms with E-state index in [-0.39, 0.29) is 16.7 Å². The van der Waals surface area contributed by atoms with Crippen LogP contribution in [0.2, 0.25) is 0 Å². The fourth-order valence-corrected chi connectivity index (χ4v) is 5.07. The number of carbonyl (C=O) groups excluding carboxylic acids is 1. The van der Waals surface area contributed by atoms with Crippen LogP contribution in [0.3, 0.4) is 0 Å². The number of rotatable bonds is 3. The number of amides is 1. The van der Waals surface area contributed by atoms with Crippen molar-refractivity contribution in [2.24, 2.45) is 17.8 Å². The van der Waals surface area contributed by atoms with Crippen molar-refractivity contribution in [3.8, 4) is 11.5 Å². The molecule has 2 aliphatic carbocycles. The van der Waals surface area contributed by atoms with E-state index in [1.165, 1.54) is 18.6 Å². The SMILES string of the molecule is O=C(NS(=O)(=O)c1ccc2c(c1)OCCO2)C1CC2CCC1C2. The maximum Gasteiger partial charge on any atom is 0.264 e. The summed E-state index contributed by atoms with van der Waals surface area (Å²) in [5.41, 5.74) is 0. The number of sulfonamides is 1. The van der Waals surface area contributed by atoms with Crippen LogP contribution in [-0.4, -0.2) is 27.5 Å². The summed E-state index contributed by atoms with van der Waals surface area (Å²) in [5, 5.41) is 0. The molecule has 1 aromatic carbocycles. The van der Waals surface area contributed by atoms with Crippen molar-refractivity contribution in [3.05, 3.63) is 18.2 Å². The number of fused-ring (bicyclic) bond motifs is 3. The number of carbonyl (C=O) groups is 1. The molecule has 0 radical (unpaired) electrons. The van der Waals surface area contributed by atoms with Crippen LogP contribution in [0.25, 0.3) is 0 Å². The molecule has 23 heavy (non-hydrogen) atoms. The van der Waals surface area contributed by atoms with Crippen molar-refractivity contribution in [1.29, 1.82) is 0 Å². The third kappa shape index (κ3) is 2.67. The molecule has 2 bridgehead atoms. The van der Waals surface area contributed by atoms with E-state index in [1.807, 2.05) is 0 Å². The van der Waals surface area contributed by atoms with Crippen molar-refractivity contribution in [2.45, 2.75) is 30.6 Å². The number of hydrogen-bond donors (Lipinski definition) is 1. The minimum atomic E-state index is -3.88. The lowest BCUT2D eigenvalue weighted by atomic mass is 9.88. The lowest BCUT2D eigenvalue weighted by molar-refractivity contribution is -0.124. The van der Waals surface area contributed by atoms with Crippen LogP contribution in [0.5, 0.6) is 11.5 Å². The molecule has 0 saturated heterocycles. The monoisotopic (exact) mass is 337 g/mol. The van der Waals surface area contributed by atoms with E-state index in [2.05, 4.69) is 4.72 Å². The van der Waals surface area contributed by atoms with Crippen LogP contribution in [0, 0.1) is 17.8 Å². The molecule has 2 saturated carbocycles. The van der Waals surface area contributed by atoms with Gasteiger partial charge < -0.3 is 9.47 Å². The van der Waals surface area contributed by atoms with Crippen LogP contribution >= 0.6 is 0 Å². The quantitative estimate of drug-likeness (QED) is 0.908. The molecule has 124 valence electrons. The summed E-state index contributed by atoms with van der Waals surface area (Å²) >= 11 is 0. The molecular formula is C16H19NO5S. The summed E-state index contributed by atoms with van der Waals surface area (Å²) in [6, 6.07) is 4.40. The highest BCUT2D eigenvalue weighted by atomic mass is 32.2. The Labute approximate surface area is 135 Å². The molecule has 1 aromatic rings. The normalized spacial score (nSPS) is 28.6. The number of ether oxygens (including phenoxy) is 2. The van der Waals surface area contributed by atoms with Crippen molar-refractivity contribution >= 4 is 15.9 Å². The zero-order chi connectivity index (χ0) is 16.0. The highest BCUT2D eigenvalue weighted by Gasteiger charge is 2.44. The molecule has 1 amide bonds. The van der Waals surface area contributed by atoms with Gasteiger partial charge in [0, 0.05) is 12.0 Å². The van der Waals surface area contributed by atoms with Crippen LogP contribution in [0.4, 0.5) is 0 Å². The van der Waals surface area contributed by atoms with E-state index in [0.717, 1.165) is 19.3 Å². The van der Waals surface area contributed by atoms with E-state index in [0.29, 0.717) is 36.5 Å². The van der Waals surface area contributed by atoms with Gasteiger partial charge in [0.1, 0.15) is 13.2 Å².